The number of aliphatic carboxylic acids is 2. The zero-order chi connectivity index (χ0) is 18.5. The summed E-state index contributed by atoms with van der Waals surface area (Å²) >= 11 is 0. The number of allylic oxidation sites excluding steroid dienone is 3. The third-order valence-corrected chi connectivity index (χ3v) is 3.20. The Labute approximate surface area is 141 Å². The molecule has 1 aliphatic rings. The highest BCUT2D eigenvalue weighted by Crippen LogP contribution is 2.19. The summed E-state index contributed by atoms with van der Waals surface area (Å²) < 4.78 is 5.05. The second kappa shape index (κ2) is 12.0. The van der Waals surface area contributed by atoms with Crippen molar-refractivity contribution in [2.24, 2.45) is 5.92 Å². The number of esters is 1. The van der Waals surface area contributed by atoms with Crippen LogP contribution in [0.3, 0.4) is 0 Å². The van der Waals surface area contributed by atoms with E-state index in [0.29, 0.717) is 12.8 Å². The van der Waals surface area contributed by atoms with Gasteiger partial charge in [0, 0.05) is 6.42 Å². The zero-order valence-corrected chi connectivity index (χ0v) is 13.8. The minimum atomic E-state index is -1.31. The van der Waals surface area contributed by atoms with Gasteiger partial charge in [0.05, 0.1) is 12.5 Å². The molecule has 0 radical (unpaired) electrons. The summed E-state index contributed by atoms with van der Waals surface area (Å²) in [5.41, 5.74) is 0.903. The van der Waals surface area contributed by atoms with Gasteiger partial charge in [-0.3, -0.25) is 19.2 Å². The van der Waals surface area contributed by atoms with E-state index < -0.39 is 18.4 Å². The standard InChI is InChI=1S/C14H20O3.C3H4O4/c1-3-6-11(2)14(16)17-10-9-13(15)12-7-4-5-8-12;4-2(5)1-3(6)7/h3,7,11H,1,4-6,8-10H2,2H3;1H2,(H,4,5)(H,6,7). The minimum absolute atomic E-state index is 0.117. The van der Waals surface area contributed by atoms with Crippen LogP contribution in [0, 0.1) is 5.92 Å². The third-order valence-electron chi connectivity index (χ3n) is 3.20. The molecule has 0 fully saturated rings. The highest BCUT2D eigenvalue weighted by atomic mass is 16.5. The number of carboxylic acids is 2. The van der Waals surface area contributed by atoms with Crippen LogP contribution >= 0.6 is 0 Å². The number of hydrogen-bond acceptors (Lipinski definition) is 5. The molecule has 0 bridgehead atoms. The van der Waals surface area contributed by atoms with Gasteiger partial charge in [0.15, 0.2) is 5.78 Å². The maximum Gasteiger partial charge on any atom is 0.314 e. The highest BCUT2D eigenvalue weighted by Gasteiger charge is 2.16. The van der Waals surface area contributed by atoms with Crippen molar-refractivity contribution in [2.45, 2.75) is 45.4 Å². The Morgan fingerprint density at radius 1 is 1.29 bits per heavy atom. The summed E-state index contributed by atoms with van der Waals surface area (Å²) in [4.78, 5) is 41.9. The van der Waals surface area contributed by atoms with E-state index in [0.717, 1.165) is 24.8 Å². The molecule has 7 heteroatoms. The number of hydrogen-bond donors (Lipinski definition) is 2. The predicted octanol–water partition coefficient (Wildman–Crippen LogP) is 2.36. The molecule has 0 heterocycles. The fourth-order valence-electron chi connectivity index (χ4n) is 1.95. The molecule has 0 saturated heterocycles. The molecule has 0 spiro atoms. The summed E-state index contributed by atoms with van der Waals surface area (Å²) in [6, 6.07) is 0. The average Bonchev–Trinajstić information content (AvgIpc) is 3.00. The van der Waals surface area contributed by atoms with Crippen molar-refractivity contribution in [3.63, 3.8) is 0 Å². The van der Waals surface area contributed by atoms with Crippen molar-refractivity contribution in [3.8, 4) is 0 Å². The number of carbonyl (C=O) groups excluding carboxylic acids is 2. The average molecular weight is 340 g/mol. The van der Waals surface area contributed by atoms with E-state index in [1.54, 1.807) is 13.0 Å². The number of ether oxygens (including phenoxy) is 1. The maximum atomic E-state index is 11.6. The Morgan fingerprint density at radius 2 is 1.92 bits per heavy atom. The van der Waals surface area contributed by atoms with Gasteiger partial charge in [-0.2, -0.15) is 0 Å². The molecular weight excluding hydrogens is 316 g/mol. The monoisotopic (exact) mass is 340 g/mol. The molecule has 0 aromatic heterocycles. The van der Waals surface area contributed by atoms with Crippen molar-refractivity contribution in [2.75, 3.05) is 6.61 Å². The lowest BCUT2D eigenvalue weighted by molar-refractivity contribution is -0.149. The van der Waals surface area contributed by atoms with Crippen LogP contribution in [0.15, 0.2) is 24.3 Å². The number of carboxylic acid groups (broad SMARTS) is 2. The van der Waals surface area contributed by atoms with Crippen LogP contribution in [0.4, 0.5) is 0 Å². The summed E-state index contributed by atoms with van der Waals surface area (Å²) in [7, 11) is 0. The first kappa shape index (κ1) is 21.6. The zero-order valence-electron chi connectivity index (χ0n) is 13.8. The normalized spacial score (nSPS) is 13.8. The lowest BCUT2D eigenvalue weighted by Crippen LogP contribution is -2.16. The van der Waals surface area contributed by atoms with Crippen LogP contribution in [0.2, 0.25) is 0 Å². The fraction of sp³-hybridized carbons (Fsp3) is 0.529. The van der Waals surface area contributed by atoms with Crippen molar-refractivity contribution in [1.82, 2.24) is 0 Å². The quantitative estimate of drug-likeness (QED) is 0.376. The number of carbonyl (C=O) groups is 4. The molecule has 0 aromatic carbocycles. The van der Waals surface area contributed by atoms with E-state index in [2.05, 4.69) is 6.58 Å². The van der Waals surface area contributed by atoms with Gasteiger partial charge in [-0.25, -0.2) is 0 Å². The molecular formula is C17H24O7. The Balaban J connectivity index is 0.000000640. The topological polar surface area (TPSA) is 118 Å². The van der Waals surface area contributed by atoms with Crippen LogP contribution in [0.25, 0.3) is 0 Å². The van der Waals surface area contributed by atoms with E-state index in [-0.39, 0.29) is 24.3 Å². The summed E-state index contributed by atoms with van der Waals surface area (Å²) in [5, 5.41) is 15.4. The Kier molecular flexibility index (Phi) is 10.8. The van der Waals surface area contributed by atoms with Crippen LogP contribution in [0.1, 0.15) is 45.4 Å². The molecule has 0 amide bonds. The SMILES string of the molecule is C=CCC(C)C(=O)OCCC(=O)C1=CCCC1.O=C(O)CC(=O)O. The highest BCUT2D eigenvalue weighted by molar-refractivity contribution is 5.95. The summed E-state index contributed by atoms with van der Waals surface area (Å²) in [5.74, 6) is -2.93. The fourth-order valence-corrected chi connectivity index (χ4v) is 1.95. The summed E-state index contributed by atoms with van der Waals surface area (Å²) in [6.45, 7) is 5.56. The molecule has 24 heavy (non-hydrogen) atoms. The van der Waals surface area contributed by atoms with E-state index in [9.17, 15) is 19.2 Å². The van der Waals surface area contributed by atoms with Crippen LogP contribution in [0.5, 0.6) is 0 Å². The van der Waals surface area contributed by atoms with Crippen LogP contribution in [-0.4, -0.2) is 40.5 Å². The number of Topliss-reactive ketones (excluding diaryl/α,β-unsaturated/α-hetero) is 1. The minimum Gasteiger partial charge on any atom is -0.481 e. The largest absolute Gasteiger partial charge is 0.481 e. The van der Waals surface area contributed by atoms with Gasteiger partial charge < -0.3 is 14.9 Å². The van der Waals surface area contributed by atoms with E-state index >= 15 is 0 Å². The van der Waals surface area contributed by atoms with E-state index in [1.165, 1.54) is 0 Å². The molecule has 1 rings (SSSR count). The lowest BCUT2D eigenvalue weighted by atomic mass is 10.1. The molecule has 134 valence electrons. The third kappa shape index (κ3) is 10.3. The summed E-state index contributed by atoms with van der Waals surface area (Å²) in [6.07, 6.45) is 6.73. The Bertz CT molecular complexity index is 493. The second-order valence-corrected chi connectivity index (χ2v) is 5.35. The molecule has 1 unspecified atom stereocenters. The first-order valence-electron chi connectivity index (χ1n) is 7.71. The van der Waals surface area contributed by atoms with Gasteiger partial charge in [0.1, 0.15) is 6.42 Å². The molecule has 0 aromatic rings. The van der Waals surface area contributed by atoms with Gasteiger partial charge in [0.25, 0.3) is 0 Å². The van der Waals surface area contributed by atoms with Crippen molar-refractivity contribution in [3.05, 3.63) is 24.3 Å². The van der Waals surface area contributed by atoms with Crippen molar-refractivity contribution < 1.29 is 34.1 Å². The lowest BCUT2D eigenvalue weighted by Gasteiger charge is -2.09. The number of rotatable bonds is 9. The van der Waals surface area contributed by atoms with Crippen molar-refractivity contribution in [1.29, 1.82) is 0 Å². The van der Waals surface area contributed by atoms with E-state index in [4.69, 9.17) is 14.9 Å². The molecule has 0 saturated carbocycles. The van der Waals surface area contributed by atoms with Gasteiger partial charge in [-0.05, 0) is 31.3 Å². The molecule has 1 aliphatic carbocycles. The van der Waals surface area contributed by atoms with Gasteiger partial charge in [-0.1, -0.05) is 19.1 Å². The van der Waals surface area contributed by atoms with E-state index in [1.807, 2.05) is 6.08 Å². The van der Waals surface area contributed by atoms with Crippen LogP contribution in [-0.2, 0) is 23.9 Å². The Hall–Kier alpha value is -2.44. The van der Waals surface area contributed by atoms with Crippen molar-refractivity contribution >= 4 is 23.7 Å². The van der Waals surface area contributed by atoms with Gasteiger partial charge in [0.2, 0.25) is 0 Å². The molecule has 2 N–H and O–H groups in total. The van der Waals surface area contributed by atoms with Crippen LogP contribution < -0.4 is 0 Å². The first-order chi connectivity index (χ1) is 11.3. The maximum absolute atomic E-state index is 11.6. The Morgan fingerprint density at radius 3 is 2.33 bits per heavy atom. The molecule has 0 aliphatic heterocycles. The predicted molar refractivity (Wildman–Crippen MR) is 86.4 cm³/mol. The first-order valence-corrected chi connectivity index (χ1v) is 7.71. The van der Waals surface area contributed by atoms with Gasteiger partial charge in [-0.15, -0.1) is 6.58 Å². The molecule has 7 nitrogen and oxygen atoms in total. The molecule has 1 atom stereocenters. The number of ketones is 1. The second-order valence-electron chi connectivity index (χ2n) is 5.35. The smallest absolute Gasteiger partial charge is 0.314 e. The van der Waals surface area contributed by atoms with Gasteiger partial charge >= 0.3 is 17.9 Å².